The first-order valence-corrected chi connectivity index (χ1v) is 8.37. The van der Waals surface area contributed by atoms with E-state index in [2.05, 4.69) is 4.98 Å². The first-order chi connectivity index (χ1) is 11.5. The SMILES string of the molecule is Nc1c(C(=O)N2CCC(c3ccc(F)cc3)CC2)cnc(Cl)c1Cl. The molecule has 126 valence electrons. The van der Waals surface area contributed by atoms with Crippen molar-refractivity contribution in [3.63, 3.8) is 0 Å². The molecule has 0 aliphatic carbocycles. The third kappa shape index (κ3) is 3.32. The summed E-state index contributed by atoms with van der Waals surface area (Å²) >= 11 is 11.8. The van der Waals surface area contributed by atoms with Crippen molar-refractivity contribution in [2.75, 3.05) is 18.8 Å². The lowest BCUT2D eigenvalue weighted by molar-refractivity contribution is 0.0713. The van der Waals surface area contributed by atoms with E-state index in [9.17, 15) is 9.18 Å². The van der Waals surface area contributed by atoms with E-state index in [0.717, 1.165) is 18.4 Å². The van der Waals surface area contributed by atoms with E-state index in [1.807, 2.05) is 0 Å². The van der Waals surface area contributed by atoms with E-state index < -0.39 is 0 Å². The minimum absolute atomic E-state index is 0.0840. The molecule has 0 bridgehead atoms. The summed E-state index contributed by atoms with van der Waals surface area (Å²) in [6.07, 6.45) is 2.98. The summed E-state index contributed by atoms with van der Waals surface area (Å²) in [5.74, 6) is -0.121. The van der Waals surface area contributed by atoms with Gasteiger partial charge in [-0.1, -0.05) is 35.3 Å². The van der Waals surface area contributed by atoms with Gasteiger partial charge in [0.1, 0.15) is 16.0 Å². The van der Waals surface area contributed by atoms with E-state index in [0.29, 0.717) is 19.0 Å². The Bertz CT molecular complexity index is 759. The minimum atomic E-state index is -0.242. The molecule has 7 heteroatoms. The van der Waals surface area contributed by atoms with Gasteiger partial charge < -0.3 is 10.6 Å². The van der Waals surface area contributed by atoms with Crippen LogP contribution in [-0.2, 0) is 0 Å². The van der Waals surface area contributed by atoms with Gasteiger partial charge in [0, 0.05) is 19.3 Å². The molecule has 1 fully saturated rings. The van der Waals surface area contributed by atoms with E-state index in [1.54, 1.807) is 17.0 Å². The standard InChI is InChI=1S/C17H16Cl2FN3O/c18-14-15(21)13(9-22-16(14)19)17(24)23-7-5-11(6-8-23)10-1-3-12(20)4-2-10/h1-4,9,11H,5-8H2,(H2,21,22). The average Bonchev–Trinajstić information content (AvgIpc) is 2.60. The van der Waals surface area contributed by atoms with Gasteiger partial charge in [0.15, 0.2) is 0 Å². The first kappa shape index (κ1) is 17.0. The number of pyridine rings is 1. The number of benzene rings is 1. The molecule has 0 atom stereocenters. The fraction of sp³-hybridized carbons (Fsp3) is 0.294. The van der Waals surface area contributed by atoms with E-state index in [-0.39, 0.29) is 33.2 Å². The number of halogens is 3. The molecule has 24 heavy (non-hydrogen) atoms. The maximum atomic E-state index is 13.0. The molecule has 0 unspecified atom stereocenters. The predicted octanol–water partition coefficient (Wildman–Crippen LogP) is 4.13. The number of anilines is 1. The number of likely N-dealkylation sites (tertiary alicyclic amines) is 1. The van der Waals surface area contributed by atoms with Crippen molar-refractivity contribution in [2.45, 2.75) is 18.8 Å². The van der Waals surface area contributed by atoms with Gasteiger partial charge in [-0.3, -0.25) is 4.79 Å². The second kappa shape index (κ2) is 6.95. The van der Waals surface area contributed by atoms with Crippen LogP contribution in [0.15, 0.2) is 30.5 Å². The molecule has 0 saturated carbocycles. The van der Waals surface area contributed by atoms with Crippen LogP contribution >= 0.6 is 23.2 Å². The van der Waals surface area contributed by atoms with Gasteiger partial charge in [0.05, 0.1) is 11.3 Å². The molecule has 2 aromatic rings. The lowest BCUT2D eigenvalue weighted by Crippen LogP contribution is -2.38. The quantitative estimate of drug-likeness (QED) is 0.811. The highest BCUT2D eigenvalue weighted by molar-refractivity contribution is 6.43. The summed E-state index contributed by atoms with van der Waals surface area (Å²) in [6, 6.07) is 6.54. The van der Waals surface area contributed by atoms with E-state index in [1.165, 1.54) is 18.3 Å². The zero-order chi connectivity index (χ0) is 17.3. The molecule has 1 aromatic carbocycles. The molecule has 1 amide bonds. The Morgan fingerprint density at radius 1 is 1.21 bits per heavy atom. The third-order valence-electron chi connectivity index (χ3n) is 4.37. The molecule has 1 aliphatic heterocycles. The Kier molecular flexibility index (Phi) is 4.92. The normalized spacial score (nSPS) is 15.5. The molecular weight excluding hydrogens is 352 g/mol. The van der Waals surface area contributed by atoms with Crippen LogP contribution in [0, 0.1) is 5.82 Å². The van der Waals surface area contributed by atoms with Crippen LogP contribution in [0.3, 0.4) is 0 Å². The van der Waals surface area contributed by atoms with Gasteiger partial charge in [-0.2, -0.15) is 0 Å². The van der Waals surface area contributed by atoms with Gasteiger partial charge >= 0.3 is 0 Å². The van der Waals surface area contributed by atoms with Crippen LogP contribution in [0.2, 0.25) is 10.2 Å². The topological polar surface area (TPSA) is 59.2 Å². The van der Waals surface area contributed by atoms with Crippen LogP contribution in [0.4, 0.5) is 10.1 Å². The highest BCUT2D eigenvalue weighted by Crippen LogP contribution is 2.32. The number of amides is 1. The van der Waals surface area contributed by atoms with Crippen LogP contribution < -0.4 is 5.73 Å². The summed E-state index contributed by atoms with van der Waals surface area (Å²) in [5, 5.41) is 0.185. The molecule has 1 aliphatic rings. The smallest absolute Gasteiger partial charge is 0.257 e. The molecule has 0 radical (unpaired) electrons. The van der Waals surface area contributed by atoms with Crippen LogP contribution in [-0.4, -0.2) is 28.9 Å². The van der Waals surface area contributed by atoms with Crippen LogP contribution in [0.25, 0.3) is 0 Å². The second-order valence-corrected chi connectivity index (χ2v) is 6.54. The summed E-state index contributed by atoms with van der Waals surface area (Å²) in [7, 11) is 0. The Morgan fingerprint density at radius 2 is 1.83 bits per heavy atom. The molecule has 1 aromatic heterocycles. The number of rotatable bonds is 2. The van der Waals surface area contributed by atoms with E-state index >= 15 is 0 Å². The number of hydrogen-bond acceptors (Lipinski definition) is 3. The summed E-state index contributed by atoms with van der Waals surface area (Å²) in [5.41, 5.74) is 7.40. The highest BCUT2D eigenvalue weighted by atomic mass is 35.5. The Morgan fingerprint density at radius 3 is 2.46 bits per heavy atom. The zero-order valence-corrected chi connectivity index (χ0v) is 14.3. The maximum Gasteiger partial charge on any atom is 0.257 e. The Hall–Kier alpha value is -1.85. The van der Waals surface area contributed by atoms with Crippen LogP contribution in [0.5, 0.6) is 0 Å². The molecule has 3 rings (SSSR count). The average molecular weight is 368 g/mol. The lowest BCUT2D eigenvalue weighted by atomic mass is 9.89. The minimum Gasteiger partial charge on any atom is -0.397 e. The summed E-state index contributed by atoms with van der Waals surface area (Å²) in [4.78, 5) is 18.3. The van der Waals surface area contributed by atoms with Gasteiger partial charge in [-0.25, -0.2) is 9.37 Å². The number of nitrogens with two attached hydrogens (primary N) is 1. The van der Waals surface area contributed by atoms with Crippen molar-refractivity contribution in [1.29, 1.82) is 0 Å². The van der Waals surface area contributed by atoms with Crippen molar-refractivity contribution in [3.05, 3.63) is 57.6 Å². The van der Waals surface area contributed by atoms with Crippen molar-refractivity contribution in [1.82, 2.24) is 9.88 Å². The van der Waals surface area contributed by atoms with Gasteiger partial charge in [0.25, 0.3) is 5.91 Å². The fourth-order valence-electron chi connectivity index (χ4n) is 2.97. The number of aromatic nitrogens is 1. The number of carbonyl (C=O) groups excluding carboxylic acids is 1. The molecular formula is C17H16Cl2FN3O. The van der Waals surface area contributed by atoms with Crippen molar-refractivity contribution in [3.8, 4) is 0 Å². The predicted molar refractivity (Wildman–Crippen MR) is 92.9 cm³/mol. The number of nitrogen functional groups attached to an aromatic ring is 1. The summed E-state index contributed by atoms with van der Waals surface area (Å²) in [6.45, 7) is 1.20. The van der Waals surface area contributed by atoms with E-state index in [4.69, 9.17) is 28.9 Å². The zero-order valence-electron chi connectivity index (χ0n) is 12.8. The number of carbonyl (C=O) groups is 1. The Labute approximate surface area is 149 Å². The second-order valence-electron chi connectivity index (χ2n) is 5.81. The maximum absolute atomic E-state index is 13.0. The molecule has 0 spiro atoms. The largest absolute Gasteiger partial charge is 0.397 e. The number of nitrogens with zero attached hydrogens (tertiary/aromatic N) is 2. The fourth-order valence-corrected chi connectivity index (χ4v) is 3.27. The third-order valence-corrected chi connectivity index (χ3v) is 5.13. The van der Waals surface area contributed by atoms with Gasteiger partial charge in [-0.15, -0.1) is 0 Å². The van der Waals surface area contributed by atoms with Crippen molar-refractivity contribution < 1.29 is 9.18 Å². The van der Waals surface area contributed by atoms with Gasteiger partial charge in [0.2, 0.25) is 0 Å². The molecule has 1 saturated heterocycles. The van der Waals surface area contributed by atoms with Crippen molar-refractivity contribution >= 4 is 34.8 Å². The molecule has 2 N–H and O–H groups in total. The number of piperidine rings is 1. The molecule has 4 nitrogen and oxygen atoms in total. The Balaban J connectivity index is 1.69. The van der Waals surface area contributed by atoms with Crippen molar-refractivity contribution in [2.24, 2.45) is 0 Å². The number of hydrogen-bond donors (Lipinski definition) is 1. The lowest BCUT2D eigenvalue weighted by Gasteiger charge is -2.32. The first-order valence-electron chi connectivity index (χ1n) is 7.61. The van der Waals surface area contributed by atoms with Gasteiger partial charge in [-0.05, 0) is 36.5 Å². The summed E-state index contributed by atoms with van der Waals surface area (Å²) < 4.78 is 13.0. The highest BCUT2D eigenvalue weighted by Gasteiger charge is 2.26. The molecule has 2 heterocycles. The van der Waals surface area contributed by atoms with Crippen LogP contribution in [0.1, 0.15) is 34.7 Å². The monoisotopic (exact) mass is 367 g/mol.